The van der Waals surface area contributed by atoms with Gasteiger partial charge in [-0.05, 0) is 25.5 Å². The molecule has 0 bridgehead atoms. The molecule has 26 heavy (non-hydrogen) atoms. The van der Waals surface area contributed by atoms with Crippen LogP contribution in [-0.4, -0.2) is 46.9 Å². The maximum Gasteiger partial charge on any atom is 0.222 e. The monoisotopic (exact) mass is 355 g/mol. The first-order valence-corrected chi connectivity index (χ1v) is 9.70. The molecule has 1 fully saturated rings. The van der Waals surface area contributed by atoms with Gasteiger partial charge < -0.3 is 9.88 Å². The molecular formula is C21H29N3O2. The summed E-state index contributed by atoms with van der Waals surface area (Å²) < 4.78 is 0. The van der Waals surface area contributed by atoms with Crippen molar-refractivity contribution >= 4 is 16.8 Å². The van der Waals surface area contributed by atoms with Crippen LogP contribution < -0.4 is 5.43 Å². The summed E-state index contributed by atoms with van der Waals surface area (Å²) in [6.07, 6.45) is 3.93. The second-order valence-corrected chi connectivity index (χ2v) is 7.22. The number of fused-ring (bicyclic) bond motifs is 1. The van der Waals surface area contributed by atoms with E-state index in [1.165, 1.54) is 0 Å². The van der Waals surface area contributed by atoms with Crippen LogP contribution in [0.15, 0.2) is 29.1 Å². The van der Waals surface area contributed by atoms with Crippen molar-refractivity contribution < 1.29 is 4.79 Å². The van der Waals surface area contributed by atoms with Gasteiger partial charge in [0.25, 0.3) is 0 Å². The number of hydrogen-bond donors (Lipinski definition) is 1. The lowest BCUT2D eigenvalue weighted by Gasteiger charge is -2.35. The Balaban J connectivity index is 1.61. The number of para-hydroxylation sites is 1. The number of nitrogens with one attached hydrogen (secondary N) is 1. The number of carbonyl (C=O) groups excluding carboxylic acids is 1. The minimum atomic E-state index is 0.110. The molecule has 0 saturated carbocycles. The van der Waals surface area contributed by atoms with Gasteiger partial charge in [-0.3, -0.25) is 14.5 Å². The molecule has 1 saturated heterocycles. The third-order valence-electron chi connectivity index (χ3n) is 5.35. The quantitative estimate of drug-likeness (QED) is 0.810. The Labute approximate surface area is 155 Å². The van der Waals surface area contributed by atoms with Gasteiger partial charge in [0.05, 0.1) is 0 Å². The standard InChI is InChI=1S/C21H29N3O2/c1-3-4-5-10-20(25)24-13-11-23(12-14-24)15-19-16(2)21(26)17-8-6-7-9-18(17)22-19/h6-9H,3-5,10-15H2,1-2H3,(H,22,26). The molecule has 1 N–H and O–H groups in total. The van der Waals surface area contributed by atoms with Crippen LogP contribution in [0.5, 0.6) is 0 Å². The highest BCUT2D eigenvalue weighted by molar-refractivity contribution is 5.79. The number of aromatic amines is 1. The van der Waals surface area contributed by atoms with Crippen LogP contribution in [0.3, 0.4) is 0 Å². The molecule has 3 rings (SSSR count). The van der Waals surface area contributed by atoms with Gasteiger partial charge in [-0.15, -0.1) is 0 Å². The summed E-state index contributed by atoms with van der Waals surface area (Å²) in [5.74, 6) is 0.286. The van der Waals surface area contributed by atoms with Crippen LogP contribution in [0.4, 0.5) is 0 Å². The molecule has 2 heterocycles. The van der Waals surface area contributed by atoms with Gasteiger partial charge in [0.1, 0.15) is 0 Å². The average Bonchev–Trinajstić information content (AvgIpc) is 2.66. The van der Waals surface area contributed by atoms with Crippen molar-refractivity contribution in [2.24, 2.45) is 0 Å². The Kier molecular flexibility index (Phi) is 6.09. The van der Waals surface area contributed by atoms with E-state index in [4.69, 9.17) is 0 Å². The topological polar surface area (TPSA) is 56.4 Å². The van der Waals surface area contributed by atoms with Gasteiger partial charge >= 0.3 is 0 Å². The second-order valence-electron chi connectivity index (χ2n) is 7.22. The molecule has 1 aromatic heterocycles. The van der Waals surface area contributed by atoms with E-state index in [9.17, 15) is 9.59 Å². The highest BCUT2D eigenvalue weighted by Crippen LogP contribution is 2.14. The number of benzene rings is 1. The van der Waals surface area contributed by atoms with Gasteiger partial charge in [-0.2, -0.15) is 0 Å². The van der Waals surface area contributed by atoms with E-state index < -0.39 is 0 Å². The predicted octanol–water partition coefficient (Wildman–Crippen LogP) is 3.06. The lowest BCUT2D eigenvalue weighted by Crippen LogP contribution is -2.48. The number of rotatable bonds is 6. The molecule has 1 aromatic carbocycles. The molecular weight excluding hydrogens is 326 g/mol. The van der Waals surface area contributed by atoms with Crippen molar-refractivity contribution in [1.82, 2.24) is 14.8 Å². The number of H-pyrrole nitrogens is 1. The van der Waals surface area contributed by atoms with Gasteiger partial charge in [-0.25, -0.2) is 0 Å². The summed E-state index contributed by atoms with van der Waals surface area (Å²) in [7, 11) is 0. The van der Waals surface area contributed by atoms with Crippen LogP contribution in [0.1, 0.15) is 43.9 Å². The summed E-state index contributed by atoms with van der Waals surface area (Å²) in [6, 6.07) is 7.66. The first-order valence-electron chi connectivity index (χ1n) is 9.70. The number of amides is 1. The zero-order valence-corrected chi connectivity index (χ0v) is 15.9. The zero-order valence-electron chi connectivity index (χ0n) is 15.9. The molecule has 0 aliphatic carbocycles. The van der Waals surface area contributed by atoms with Crippen LogP contribution in [0, 0.1) is 6.92 Å². The Morgan fingerprint density at radius 1 is 1.12 bits per heavy atom. The highest BCUT2D eigenvalue weighted by Gasteiger charge is 2.21. The molecule has 0 spiro atoms. The Morgan fingerprint density at radius 2 is 1.85 bits per heavy atom. The van der Waals surface area contributed by atoms with Gasteiger partial charge in [0, 0.05) is 61.3 Å². The largest absolute Gasteiger partial charge is 0.357 e. The fraction of sp³-hybridized carbons (Fsp3) is 0.524. The van der Waals surface area contributed by atoms with E-state index in [0.717, 1.165) is 74.1 Å². The van der Waals surface area contributed by atoms with Crippen LogP contribution in [0.25, 0.3) is 10.9 Å². The summed E-state index contributed by atoms with van der Waals surface area (Å²) in [5.41, 5.74) is 2.78. The Bertz CT molecular complexity index is 820. The van der Waals surface area contributed by atoms with E-state index in [1.54, 1.807) is 0 Å². The van der Waals surface area contributed by atoms with Crippen molar-refractivity contribution in [2.75, 3.05) is 26.2 Å². The van der Waals surface area contributed by atoms with Gasteiger partial charge in [-0.1, -0.05) is 31.9 Å². The lowest BCUT2D eigenvalue weighted by atomic mass is 10.1. The molecule has 140 valence electrons. The third-order valence-corrected chi connectivity index (χ3v) is 5.35. The minimum absolute atomic E-state index is 0.110. The molecule has 1 aliphatic rings. The number of aromatic nitrogens is 1. The Hall–Kier alpha value is -2.14. The first-order chi connectivity index (χ1) is 12.6. The van der Waals surface area contributed by atoms with Crippen molar-refractivity contribution in [3.05, 3.63) is 45.7 Å². The van der Waals surface area contributed by atoms with Gasteiger partial charge in [0.15, 0.2) is 5.43 Å². The summed E-state index contributed by atoms with van der Waals surface area (Å²) in [6.45, 7) is 8.05. The van der Waals surface area contributed by atoms with Crippen LogP contribution >= 0.6 is 0 Å². The maximum absolute atomic E-state index is 12.6. The maximum atomic E-state index is 12.6. The molecule has 0 unspecified atom stereocenters. The van der Waals surface area contributed by atoms with Crippen molar-refractivity contribution in [3.8, 4) is 0 Å². The van der Waals surface area contributed by atoms with E-state index in [1.807, 2.05) is 36.1 Å². The van der Waals surface area contributed by atoms with Crippen LogP contribution in [-0.2, 0) is 11.3 Å². The molecule has 1 amide bonds. The Morgan fingerprint density at radius 3 is 2.58 bits per heavy atom. The predicted molar refractivity (Wildman–Crippen MR) is 105 cm³/mol. The van der Waals surface area contributed by atoms with Crippen LogP contribution in [0.2, 0.25) is 0 Å². The van der Waals surface area contributed by atoms with Crippen molar-refractivity contribution in [3.63, 3.8) is 0 Å². The number of piperazine rings is 1. The first kappa shape index (κ1) is 18.6. The summed E-state index contributed by atoms with van der Waals surface area (Å²) in [5, 5.41) is 0.747. The number of hydrogen-bond acceptors (Lipinski definition) is 3. The number of pyridine rings is 1. The van der Waals surface area contributed by atoms with Crippen molar-refractivity contribution in [2.45, 2.75) is 46.1 Å². The van der Waals surface area contributed by atoms with Gasteiger partial charge in [0.2, 0.25) is 5.91 Å². The molecule has 0 atom stereocenters. The van der Waals surface area contributed by atoms with Crippen molar-refractivity contribution in [1.29, 1.82) is 0 Å². The number of nitrogens with zero attached hydrogens (tertiary/aromatic N) is 2. The van der Waals surface area contributed by atoms with E-state index in [0.29, 0.717) is 6.42 Å². The highest BCUT2D eigenvalue weighted by atomic mass is 16.2. The average molecular weight is 355 g/mol. The normalized spacial score (nSPS) is 15.5. The molecule has 5 heteroatoms. The number of unbranched alkanes of at least 4 members (excludes halogenated alkanes) is 2. The summed E-state index contributed by atoms with van der Waals surface area (Å²) in [4.78, 5) is 32.5. The SMILES string of the molecule is CCCCCC(=O)N1CCN(Cc2[nH]c3ccccc3c(=O)c2C)CC1. The third kappa shape index (κ3) is 4.15. The summed E-state index contributed by atoms with van der Waals surface area (Å²) >= 11 is 0. The zero-order chi connectivity index (χ0) is 18.5. The molecule has 0 radical (unpaired) electrons. The molecule has 5 nitrogen and oxygen atoms in total. The van der Waals surface area contributed by atoms with E-state index in [2.05, 4.69) is 16.8 Å². The van der Waals surface area contributed by atoms with E-state index >= 15 is 0 Å². The second kappa shape index (κ2) is 8.49. The molecule has 2 aromatic rings. The van der Waals surface area contributed by atoms with E-state index in [-0.39, 0.29) is 11.3 Å². The number of carbonyl (C=O) groups is 1. The smallest absolute Gasteiger partial charge is 0.222 e. The fourth-order valence-electron chi connectivity index (χ4n) is 3.61. The molecule has 1 aliphatic heterocycles. The minimum Gasteiger partial charge on any atom is -0.357 e. The fourth-order valence-corrected chi connectivity index (χ4v) is 3.61. The lowest BCUT2D eigenvalue weighted by molar-refractivity contribution is -0.133.